The number of benzene rings is 2. The van der Waals surface area contributed by atoms with Crippen LogP contribution in [-0.2, 0) is 4.79 Å². The fraction of sp³-hybridized carbons (Fsp3) is 0.0625. The summed E-state index contributed by atoms with van der Waals surface area (Å²) < 4.78 is 6.42. The number of para-hydroxylation sites is 1. The van der Waals surface area contributed by atoms with Crippen molar-refractivity contribution < 1.29 is 9.53 Å². The molecule has 0 saturated heterocycles. The van der Waals surface area contributed by atoms with Crippen LogP contribution in [0, 0.1) is 0 Å². The van der Waals surface area contributed by atoms with E-state index in [-0.39, 0.29) is 17.6 Å². The SMILES string of the molecule is NC(=S)NN=Cc1cc(Br)ccc1OCC(=O)Nc1ccccc1. The molecule has 0 saturated carbocycles. The number of rotatable bonds is 6. The van der Waals surface area contributed by atoms with Gasteiger partial charge in [0.1, 0.15) is 5.75 Å². The second-order valence-corrected chi connectivity index (χ2v) is 5.97. The van der Waals surface area contributed by atoms with Crippen molar-refractivity contribution >= 4 is 51.1 Å². The van der Waals surface area contributed by atoms with Crippen molar-refractivity contribution in [2.75, 3.05) is 11.9 Å². The molecule has 0 atom stereocenters. The Balaban J connectivity index is 1.99. The molecule has 0 aliphatic carbocycles. The summed E-state index contributed by atoms with van der Waals surface area (Å²) in [6.07, 6.45) is 1.51. The Morgan fingerprint density at radius 2 is 2.04 bits per heavy atom. The van der Waals surface area contributed by atoms with Gasteiger partial charge in [-0.05, 0) is 42.5 Å². The average molecular weight is 407 g/mol. The minimum absolute atomic E-state index is 0.0611. The maximum Gasteiger partial charge on any atom is 0.262 e. The number of carbonyl (C=O) groups is 1. The zero-order chi connectivity index (χ0) is 17.4. The van der Waals surface area contributed by atoms with Crippen molar-refractivity contribution in [3.05, 3.63) is 58.6 Å². The molecular weight excluding hydrogens is 392 g/mol. The number of amides is 1. The van der Waals surface area contributed by atoms with Gasteiger partial charge >= 0.3 is 0 Å². The van der Waals surface area contributed by atoms with Crippen LogP contribution in [0.15, 0.2) is 58.1 Å². The molecular formula is C16H15BrN4O2S. The number of hydrazone groups is 1. The largest absolute Gasteiger partial charge is 0.483 e. The molecule has 6 nitrogen and oxygen atoms in total. The fourth-order valence-electron chi connectivity index (χ4n) is 1.78. The van der Waals surface area contributed by atoms with E-state index >= 15 is 0 Å². The van der Waals surface area contributed by atoms with Crippen molar-refractivity contribution in [3.63, 3.8) is 0 Å². The summed E-state index contributed by atoms with van der Waals surface area (Å²) in [5, 5.41) is 6.70. The molecule has 0 fully saturated rings. The molecule has 0 heterocycles. The number of halogens is 1. The Bertz CT molecular complexity index is 753. The highest BCUT2D eigenvalue weighted by Crippen LogP contribution is 2.21. The molecule has 1 amide bonds. The summed E-state index contributed by atoms with van der Waals surface area (Å²) in [5.41, 5.74) is 9.16. The Hall–Kier alpha value is -2.45. The number of nitrogens with two attached hydrogens (primary N) is 1. The Labute approximate surface area is 153 Å². The summed E-state index contributed by atoms with van der Waals surface area (Å²) in [4.78, 5) is 11.9. The van der Waals surface area contributed by atoms with Gasteiger partial charge < -0.3 is 15.8 Å². The van der Waals surface area contributed by atoms with E-state index in [0.29, 0.717) is 17.0 Å². The fourth-order valence-corrected chi connectivity index (χ4v) is 2.21. The smallest absolute Gasteiger partial charge is 0.262 e. The number of nitrogens with one attached hydrogen (secondary N) is 2. The van der Waals surface area contributed by atoms with E-state index in [1.165, 1.54) is 6.21 Å². The lowest BCUT2D eigenvalue weighted by atomic mass is 10.2. The van der Waals surface area contributed by atoms with Crippen LogP contribution in [-0.4, -0.2) is 23.8 Å². The summed E-state index contributed by atoms with van der Waals surface area (Å²) in [6.45, 7) is -0.125. The van der Waals surface area contributed by atoms with Crippen LogP contribution < -0.4 is 21.2 Å². The first-order valence-electron chi connectivity index (χ1n) is 6.90. The molecule has 2 rings (SSSR count). The lowest BCUT2D eigenvalue weighted by Gasteiger charge is -2.10. The molecule has 124 valence electrons. The van der Waals surface area contributed by atoms with Crippen LogP contribution in [0.25, 0.3) is 0 Å². The van der Waals surface area contributed by atoms with E-state index in [4.69, 9.17) is 10.5 Å². The molecule has 0 unspecified atom stereocenters. The topological polar surface area (TPSA) is 88.7 Å². The maximum atomic E-state index is 11.9. The summed E-state index contributed by atoms with van der Waals surface area (Å²) >= 11 is 8.05. The van der Waals surface area contributed by atoms with E-state index in [9.17, 15) is 4.79 Å². The van der Waals surface area contributed by atoms with Crippen molar-refractivity contribution in [2.24, 2.45) is 10.8 Å². The van der Waals surface area contributed by atoms with Gasteiger partial charge in [-0.3, -0.25) is 10.2 Å². The van der Waals surface area contributed by atoms with Crippen LogP contribution in [0.1, 0.15) is 5.56 Å². The monoisotopic (exact) mass is 406 g/mol. The normalized spacial score (nSPS) is 10.4. The van der Waals surface area contributed by atoms with Gasteiger partial charge in [0, 0.05) is 15.7 Å². The van der Waals surface area contributed by atoms with Crippen LogP contribution in [0.3, 0.4) is 0 Å². The predicted molar refractivity (Wildman–Crippen MR) is 102 cm³/mol. The van der Waals surface area contributed by atoms with E-state index in [1.807, 2.05) is 24.3 Å². The molecule has 4 N–H and O–H groups in total. The standard InChI is InChI=1S/C16H15BrN4O2S/c17-12-6-7-14(11(8-12)9-19-21-16(18)24)23-10-15(22)20-13-4-2-1-3-5-13/h1-9H,10H2,(H,20,22)(H3,18,21,24). The maximum absolute atomic E-state index is 11.9. The minimum Gasteiger partial charge on any atom is -0.483 e. The molecule has 0 radical (unpaired) electrons. The first kappa shape index (κ1) is 17.9. The highest BCUT2D eigenvalue weighted by Gasteiger charge is 2.07. The first-order valence-corrected chi connectivity index (χ1v) is 8.10. The van der Waals surface area contributed by atoms with Gasteiger partial charge in [-0.1, -0.05) is 34.1 Å². The summed E-state index contributed by atoms with van der Waals surface area (Å²) in [7, 11) is 0. The van der Waals surface area contributed by atoms with Gasteiger partial charge in [0.15, 0.2) is 11.7 Å². The second-order valence-electron chi connectivity index (χ2n) is 4.62. The van der Waals surface area contributed by atoms with Gasteiger partial charge in [-0.25, -0.2) is 0 Å². The highest BCUT2D eigenvalue weighted by atomic mass is 79.9. The lowest BCUT2D eigenvalue weighted by Crippen LogP contribution is -2.24. The number of carbonyl (C=O) groups excluding carboxylic acids is 1. The molecule has 2 aromatic rings. The number of ether oxygens (including phenoxy) is 1. The number of hydrogen-bond donors (Lipinski definition) is 3. The van der Waals surface area contributed by atoms with Gasteiger partial charge in [0.2, 0.25) is 0 Å². The molecule has 0 spiro atoms. The van der Waals surface area contributed by atoms with Gasteiger partial charge in [-0.15, -0.1) is 0 Å². The molecule has 2 aromatic carbocycles. The third-order valence-corrected chi connectivity index (χ3v) is 3.35. The Kier molecular flexibility index (Phi) is 6.71. The summed E-state index contributed by atoms with van der Waals surface area (Å²) in [5.74, 6) is 0.253. The zero-order valence-corrected chi connectivity index (χ0v) is 14.9. The van der Waals surface area contributed by atoms with E-state index in [1.54, 1.807) is 24.3 Å². The highest BCUT2D eigenvalue weighted by molar-refractivity contribution is 9.10. The van der Waals surface area contributed by atoms with Crippen molar-refractivity contribution in [1.29, 1.82) is 0 Å². The lowest BCUT2D eigenvalue weighted by molar-refractivity contribution is -0.118. The van der Waals surface area contributed by atoms with Crippen molar-refractivity contribution in [2.45, 2.75) is 0 Å². The van der Waals surface area contributed by atoms with E-state index in [2.05, 4.69) is 44.0 Å². The molecule has 0 bridgehead atoms. The molecule has 0 aliphatic rings. The minimum atomic E-state index is -0.256. The van der Waals surface area contributed by atoms with Gasteiger partial charge in [0.05, 0.1) is 6.21 Å². The van der Waals surface area contributed by atoms with Crippen molar-refractivity contribution in [3.8, 4) is 5.75 Å². The van der Waals surface area contributed by atoms with Crippen LogP contribution >= 0.6 is 28.1 Å². The zero-order valence-electron chi connectivity index (χ0n) is 12.5. The summed E-state index contributed by atoms with van der Waals surface area (Å²) in [6, 6.07) is 14.5. The third kappa shape index (κ3) is 5.98. The quantitative estimate of drug-likeness (QED) is 0.389. The van der Waals surface area contributed by atoms with E-state index < -0.39 is 0 Å². The molecule has 24 heavy (non-hydrogen) atoms. The van der Waals surface area contributed by atoms with E-state index in [0.717, 1.165) is 4.47 Å². The van der Waals surface area contributed by atoms with Crippen molar-refractivity contribution in [1.82, 2.24) is 5.43 Å². The molecule has 0 aliphatic heterocycles. The number of anilines is 1. The predicted octanol–water partition coefficient (Wildman–Crippen LogP) is 2.63. The van der Waals surface area contributed by atoms with Gasteiger partial charge in [-0.2, -0.15) is 5.10 Å². The number of nitrogens with zero attached hydrogens (tertiary/aromatic N) is 1. The van der Waals surface area contributed by atoms with Crippen LogP contribution in [0.5, 0.6) is 5.75 Å². The van der Waals surface area contributed by atoms with Crippen LogP contribution in [0.4, 0.5) is 5.69 Å². The Morgan fingerprint density at radius 1 is 1.29 bits per heavy atom. The molecule has 8 heteroatoms. The number of thiocarbonyl (C=S) groups is 1. The third-order valence-electron chi connectivity index (χ3n) is 2.77. The number of hydrogen-bond acceptors (Lipinski definition) is 4. The Morgan fingerprint density at radius 3 is 2.75 bits per heavy atom. The van der Waals surface area contributed by atoms with Crippen LogP contribution in [0.2, 0.25) is 0 Å². The molecule has 0 aromatic heterocycles. The average Bonchev–Trinajstić information content (AvgIpc) is 2.54. The second kappa shape index (κ2) is 8.99. The first-order chi connectivity index (χ1) is 11.5. The van der Waals surface area contributed by atoms with Gasteiger partial charge in [0.25, 0.3) is 5.91 Å².